The number of ether oxygens (including phenoxy) is 6. The molecule has 0 spiro atoms. The van der Waals surface area contributed by atoms with Gasteiger partial charge in [0.25, 0.3) is 10.0 Å². The quantitative estimate of drug-likeness (QED) is 0.411. The lowest BCUT2D eigenvalue weighted by molar-refractivity contribution is 0.0736. The Morgan fingerprint density at radius 3 is 2.11 bits per heavy atom. The Morgan fingerprint density at radius 2 is 1.50 bits per heavy atom. The largest absolute Gasteiger partial charge is 0.493 e. The van der Waals surface area contributed by atoms with Gasteiger partial charge in [0.05, 0.1) is 26.2 Å². The van der Waals surface area contributed by atoms with Crippen LogP contribution in [0.4, 0.5) is 0 Å². The van der Waals surface area contributed by atoms with Gasteiger partial charge in [0.15, 0.2) is 29.2 Å². The first-order valence-electron chi connectivity index (χ1n) is 12.0. The van der Waals surface area contributed by atoms with Crippen molar-refractivity contribution in [1.82, 2.24) is 10.3 Å². The Bertz CT molecular complexity index is 1420. The van der Waals surface area contributed by atoms with Crippen molar-refractivity contribution in [2.24, 2.45) is 5.92 Å². The van der Waals surface area contributed by atoms with Crippen LogP contribution >= 0.6 is 0 Å². The topological polar surface area (TPSA) is 114 Å². The number of nitrogens with one attached hydrogen (secondary N) is 2. The van der Waals surface area contributed by atoms with Gasteiger partial charge in [-0.1, -0.05) is 24.6 Å². The fourth-order valence-corrected chi connectivity index (χ4v) is 5.71. The van der Waals surface area contributed by atoms with E-state index in [9.17, 15) is 8.42 Å². The first-order chi connectivity index (χ1) is 18.2. The van der Waals surface area contributed by atoms with Crippen molar-refractivity contribution < 1.29 is 36.8 Å². The SMILES string of the molecule is COc1cc([C@@H]2c3cc4c(cc3O[C@@H](NNS(=O)(=O)c3ccc(C)cc3)[C@H]2C)OCO4)cc(OC)c1OC. The van der Waals surface area contributed by atoms with E-state index in [0.717, 1.165) is 16.7 Å². The van der Waals surface area contributed by atoms with Crippen LogP contribution in [0.5, 0.6) is 34.5 Å². The van der Waals surface area contributed by atoms with Crippen molar-refractivity contribution >= 4 is 10.0 Å². The number of rotatable bonds is 8. The molecule has 2 aliphatic heterocycles. The molecule has 38 heavy (non-hydrogen) atoms. The molecule has 10 nitrogen and oxygen atoms in total. The zero-order chi connectivity index (χ0) is 27.0. The van der Waals surface area contributed by atoms with Crippen LogP contribution in [0.3, 0.4) is 0 Å². The molecule has 2 aliphatic rings. The molecule has 0 fully saturated rings. The molecule has 2 heterocycles. The van der Waals surface area contributed by atoms with Gasteiger partial charge in [-0.3, -0.25) is 0 Å². The van der Waals surface area contributed by atoms with Crippen LogP contribution in [0, 0.1) is 12.8 Å². The first kappa shape index (κ1) is 26.0. The van der Waals surface area contributed by atoms with Crippen LogP contribution in [-0.4, -0.2) is 42.8 Å². The van der Waals surface area contributed by atoms with Crippen molar-refractivity contribution in [3.63, 3.8) is 0 Å². The highest BCUT2D eigenvalue weighted by Gasteiger charge is 2.39. The molecular formula is C27H30N2O8S. The second kappa shape index (κ2) is 10.2. The number of hydrazine groups is 1. The van der Waals surface area contributed by atoms with Crippen molar-refractivity contribution in [1.29, 1.82) is 0 Å². The van der Waals surface area contributed by atoms with E-state index >= 15 is 0 Å². The van der Waals surface area contributed by atoms with E-state index in [0.29, 0.717) is 34.5 Å². The zero-order valence-corrected chi connectivity index (χ0v) is 22.5. The molecule has 0 saturated carbocycles. The van der Waals surface area contributed by atoms with Gasteiger partial charge in [-0.05, 0) is 42.8 Å². The Morgan fingerprint density at radius 1 is 0.868 bits per heavy atom. The average molecular weight is 543 g/mol. The Kier molecular flexibility index (Phi) is 6.99. The molecule has 202 valence electrons. The van der Waals surface area contributed by atoms with Crippen molar-refractivity contribution in [2.45, 2.75) is 30.9 Å². The lowest BCUT2D eigenvalue weighted by Crippen LogP contribution is -2.52. The predicted molar refractivity (Wildman–Crippen MR) is 139 cm³/mol. The lowest BCUT2D eigenvalue weighted by atomic mass is 9.78. The van der Waals surface area contributed by atoms with Crippen molar-refractivity contribution in [3.05, 3.63) is 65.2 Å². The maximum atomic E-state index is 13.0. The van der Waals surface area contributed by atoms with Crippen LogP contribution < -0.4 is 38.7 Å². The van der Waals surface area contributed by atoms with Gasteiger partial charge < -0.3 is 28.4 Å². The summed E-state index contributed by atoms with van der Waals surface area (Å²) in [5.41, 5.74) is 5.58. The fraction of sp³-hybridized carbons (Fsp3) is 0.333. The third-order valence-corrected chi connectivity index (χ3v) is 8.09. The molecule has 2 N–H and O–H groups in total. The summed E-state index contributed by atoms with van der Waals surface area (Å²) in [5, 5.41) is 0. The van der Waals surface area contributed by atoms with Gasteiger partial charge in [-0.2, -0.15) is 0 Å². The second-order valence-corrected chi connectivity index (χ2v) is 10.8. The number of benzene rings is 3. The molecule has 0 unspecified atom stereocenters. The highest BCUT2D eigenvalue weighted by atomic mass is 32.2. The lowest BCUT2D eigenvalue weighted by Gasteiger charge is -2.38. The molecular weight excluding hydrogens is 512 g/mol. The maximum Gasteiger partial charge on any atom is 0.253 e. The van der Waals surface area contributed by atoms with Crippen molar-refractivity contribution in [2.75, 3.05) is 28.1 Å². The van der Waals surface area contributed by atoms with Gasteiger partial charge in [0, 0.05) is 23.5 Å². The number of fused-ring (bicyclic) bond motifs is 2. The van der Waals surface area contributed by atoms with E-state index in [2.05, 4.69) is 10.3 Å². The summed E-state index contributed by atoms with van der Waals surface area (Å²) in [7, 11) is 0.828. The van der Waals surface area contributed by atoms with E-state index < -0.39 is 16.3 Å². The Labute approximate surface area is 221 Å². The summed E-state index contributed by atoms with van der Waals surface area (Å²) < 4.78 is 60.1. The van der Waals surface area contributed by atoms with E-state index in [4.69, 9.17) is 28.4 Å². The van der Waals surface area contributed by atoms with E-state index in [1.807, 2.05) is 32.0 Å². The molecule has 0 aromatic heterocycles. The highest BCUT2D eigenvalue weighted by molar-refractivity contribution is 7.89. The van der Waals surface area contributed by atoms with Gasteiger partial charge in [-0.15, -0.1) is 4.83 Å². The number of hydrogen-bond acceptors (Lipinski definition) is 9. The van der Waals surface area contributed by atoms with E-state index in [1.54, 1.807) is 51.7 Å². The Hall–Kier alpha value is -3.67. The summed E-state index contributed by atoms with van der Waals surface area (Å²) >= 11 is 0. The molecule has 5 rings (SSSR count). The number of hydrogen-bond donors (Lipinski definition) is 2. The predicted octanol–water partition coefficient (Wildman–Crippen LogP) is 3.72. The normalized spacial score (nSPS) is 19.9. The molecule has 3 atom stereocenters. The summed E-state index contributed by atoms with van der Waals surface area (Å²) in [5.74, 6) is 2.68. The van der Waals surface area contributed by atoms with Crippen LogP contribution in [0.1, 0.15) is 29.5 Å². The third kappa shape index (κ3) is 4.68. The molecule has 0 saturated heterocycles. The minimum absolute atomic E-state index is 0.112. The van der Waals surface area contributed by atoms with Crippen molar-refractivity contribution in [3.8, 4) is 34.5 Å². The maximum absolute atomic E-state index is 13.0. The Balaban J connectivity index is 1.53. The molecule has 3 aromatic carbocycles. The molecule has 0 radical (unpaired) electrons. The number of methoxy groups -OCH3 is 3. The second-order valence-electron chi connectivity index (χ2n) is 9.14. The number of aryl methyl sites for hydroxylation is 1. The molecule has 0 bridgehead atoms. The summed E-state index contributed by atoms with van der Waals surface area (Å²) in [6, 6.07) is 14.0. The fourth-order valence-electron chi connectivity index (χ4n) is 4.82. The highest BCUT2D eigenvalue weighted by Crippen LogP contribution is 2.51. The van der Waals surface area contributed by atoms with Crippen LogP contribution in [0.2, 0.25) is 0 Å². The minimum Gasteiger partial charge on any atom is -0.493 e. The van der Waals surface area contributed by atoms with Crippen LogP contribution in [0.25, 0.3) is 0 Å². The summed E-state index contributed by atoms with van der Waals surface area (Å²) in [6.45, 7) is 3.98. The third-order valence-electron chi connectivity index (χ3n) is 6.81. The van der Waals surface area contributed by atoms with E-state index in [-0.39, 0.29) is 23.5 Å². The smallest absolute Gasteiger partial charge is 0.253 e. The molecule has 0 amide bonds. The monoisotopic (exact) mass is 542 g/mol. The van der Waals surface area contributed by atoms with Crippen LogP contribution in [-0.2, 0) is 10.0 Å². The summed E-state index contributed by atoms with van der Waals surface area (Å²) in [4.78, 5) is 2.63. The first-order valence-corrected chi connectivity index (χ1v) is 13.5. The molecule has 3 aromatic rings. The van der Waals surface area contributed by atoms with E-state index in [1.165, 1.54) is 0 Å². The van der Waals surface area contributed by atoms with Gasteiger partial charge in [-0.25, -0.2) is 13.8 Å². The number of sulfonamides is 1. The van der Waals surface area contributed by atoms with Gasteiger partial charge in [0.1, 0.15) is 5.75 Å². The average Bonchev–Trinajstić information content (AvgIpc) is 3.37. The van der Waals surface area contributed by atoms with Crippen LogP contribution in [0.15, 0.2) is 53.4 Å². The van der Waals surface area contributed by atoms with Gasteiger partial charge in [0.2, 0.25) is 12.5 Å². The van der Waals surface area contributed by atoms with Gasteiger partial charge >= 0.3 is 0 Å². The molecule has 11 heteroatoms. The minimum atomic E-state index is -3.84. The summed E-state index contributed by atoms with van der Waals surface area (Å²) in [6.07, 6.45) is -0.729. The molecule has 0 aliphatic carbocycles. The zero-order valence-electron chi connectivity index (χ0n) is 21.7. The standard InChI is InChI=1S/C27H30N2O8S/c1-15-6-8-18(9-7-15)38(30,31)29-28-27-16(2)25(17-10-23(32-3)26(34-5)24(11-17)33-4)19-12-21-22(36-14-35-21)13-20(19)37-27/h6-13,16,25,27-29H,14H2,1-5H3/t16-,25+,27+/m0/s1.